The summed E-state index contributed by atoms with van der Waals surface area (Å²) < 4.78 is 0. The molecule has 0 aliphatic heterocycles. The molecule has 0 aliphatic carbocycles. The van der Waals surface area contributed by atoms with Crippen molar-refractivity contribution in [2.75, 3.05) is 5.32 Å². The highest BCUT2D eigenvalue weighted by Gasteiger charge is 2.39. The van der Waals surface area contributed by atoms with E-state index in [1.165, 1.54) is 11.3 Å². The molecule has 3 nitrogen and oxygen atoms in total. The molecule has 4 heteroatoms. The predicted octanol–water partition coefficient (Wildman–Crippen LogP) is 5.25. The van der Waals surface area contributed by atoms with Gasteiger partial charge >= 0.3 is 0 Å². The van der Waals surface area contributed by atoms with Crippen molar-refractivity contribution >= 4 is 22.4 Å². The van der Waals surface area contributed by atoms with E-state index in [0.717, 1.165) is 16.8 Å². The standard InChI is InChI=1S/C21H22N2OS/c1-15-14-25-20(22-15)23-19(24)21(2,3)18(16-10-6-4-7-11-16)17-12-8-5-9-13-17/h4-14,18H,1-3H3,(H,22,23,24). The quantitative estimate of drug-likeness (QED) is 0.683. The first-order chi connectivity index (χ1) is 12.0. The Morgan fingerprint density at radius 3 is 1.96 bits per heavy atom. The topological polar surface area (TPSA) is 42.0 Å². The van der Waals surface area contributed by atoms with Crippen LogP contribution in [0.2, 0.25) is 0 Å². The van der Waals surface area contributed by atoms with Gasteiger partial charge in [-0.1, -0.05) is 74.5 Å². The van der Waals surface area contributed by atoms with Crippen LogP contribution in [0, 0.1) is 12.3 Å². The molecule has 0 spiro atoms. The van der Waals surface area contributed by atoms with Gasteiger partial charge in [-0.25, -0.2) is 4.98 Å². The zero-order valence-electron chi connectivity index (χ0n) is 14.7. The van der Waals surface area contributed by atoms with E-state index in [0.29, 0.717) is 5.13 Å². The molecule has 128 valence electrons. The number of aromatic nitrogens is 1. The molecule has 0 fully saturated rings. The normalized spacial score (nSPS) is 11.5. The fourth-order valence-electron chi connectivity index (χ4n) is 3.12. The van der Waals surface area contributed by atoms with Crippen molar-refractivity contribution in [1.29, 1.82) is 0 Å². The number of amides is 1. The van der Waals surface area contributed by atoms with Gasteiger partial charge in [-0.05, 0) is 18.1 Å². The van der Waals surface area contributed by atoms with Crippen molar-refractivity contribution in [2.24, 2.45) is 5.41 Å². The molecule has 0 unspecified atom stereocenters. The average Bonchev–Trinajstić information content (AvgIpc) is 3.01. The minimum atomic E-state index is -0.637. The Morgan fingerprint density at radius 1 is 1.00 bits per heavy atom. The number of thiazole rings is 1. The molecule has 1 heterocycles. The van der Waals surface area contributed by atoms with Gasteiger partial charge < -0.3 is 5.32 Å². The van der Waals surface area contributed by atoms with Crippen molar-refractivity contribution in [3.63, 3.8) is 0 Å². The lowest BCUT2D eigenvalue weighted by Gasteiger charge is -2.33. The van der Waals surface area contributed by atoms with Gasteiger partial charge in [-0.15, -0.1) is 11.3 Å². The monoisotopic (exact) mass is 350 g/mol. The highest BCUT2D eigenvalue weighted by molar-refractivity contribution is 7.13. The van der Waals surface area contributed by atoms with Gasteiger partial charge in [0, 0.05) is 11.3 Å². The molecule has 0 bridgehead atoms. The zero-order valence-corrected chi connectivity index (χ0v) is 15.5. The molecule has 3 aromatic rings. The minimum absolute atomic E-state index is 0.0282. The molecular formula is C21H22N2OS. The van der Waals surface area contributed by atoms with Crippen LogP contribution in [0.4, 0.5) is 5.13 Å². The van der Waals surface area contributed by atoms with Crippen LogP contribution < -0.4 is 5.32 Å². The molecule has 25 heavy (non-hydrogen) atoms. The van der Waals surface area contributed by atoms with E-state index in [1.54, 1.807) is 0 Å². The fraction of sp³-hybridized carbons (Fsp3) is 0.238. The van der Waals surface area contributed by atoms with Gasteiger partial charge in [0.25, 0.3) is 0 Å². The number of hydrogen-bond acceptors (Lipinski definition) is 3. The van der Waals surface area contributed by atoms with Gasteiger partial charge in [-0.2, -0.15) is 0 Å². The van der Waals surface area contributed by atoms with E-state index in [-0.39, 0.29) is 11.8 Å². The smallest absolute Gasteiger partial charge is 0.232 e. The number of carbonyl (C=O) groups is 1. The van der Waals surface area contributed by atoms with Crippen molar-refractivity contribution < 1.29 is 4.79 Å². The van der Waals surface area contributed by atoms with E-state index in [1.807, 2.05) is 62.5 Å². The lowest BCUT2D eigenvalue weighted by atomic mass is 9.70. The van der Waals surface area contributed by atoms with Crippen molar-refractivity contribution in [2.45, 2.75) is 26.7 Å². The van der Waals surface area contributed by atoms with Gasteiger partial charge in [0.05, 0.1) is 11.1 Å². The predicted molar refractivity (Wildman–Crippen MR) is 104 cm³/mol. The van der Waals surface area contributed by atoms with Gasteiger partial charge in [0.2, 0.25) is 5.91 Å². The van der Waals surface area contributed by atoms with Crippen LogP contribution in [-0.2, 0) is 4.79 Å². The van der Waals surface area contributed by atoms with E-state index >= 15 is 0 Å². The second-order valence-corrected chi connectivity index (χ2v) is 7.58. The Labute approximate surface area is 152 Å². The van der Waals surface area contributed by atoms with Crippen molar-refractivity contribution in [3.8, 4) is 0 Å². The summed E-state index contributed by atoms with van der Waals surface area (Å²) >= 11 is 1.45. The molecule has 0 atom stereocenters. The first kappa shape index (κ1) is 17.4. The Balaban J connectivity index is 1.97. The Morgan fingerprint density at radius 2 is 1.52 bits per heavy atom. The van der Waals surface area contributed by atoms with Crippen molar-refractivity contribution in [1.82, 2.24) is 4.98 Å². The SMILES string of the molecule is Cc1csc(NC(=O)C(C)(C)C(c2ccccc2)c2ccccc2)n1. The third-order valence-electron chi connectivity index (χ3n) is 4.41. The van der Waals surface area contributed by atoms with Crippen molar-refractivity contribution in [3.05, 3.63) is 82.9 Å². The van der Waals surface area contributed by atoms with E-state index in [2.05, 4.69) is 34.6 Å². The number of nitrogens with one attached hydrogen (secondary N) is 1. The summed E-state index contributed by atoms with van der Waals surface area (Å²) in [5, 5.41) is 5.58. The number of carbonyl (C=O) groups excluding carboxylic acids is 1. The third-order valence-corrected chi connectivity index (χ3v) is 5.29. The van der Waals surface area contributed by atoms with Crippen LogP contribution in [0.3, 0.4) is 0 Å². The molecule has 1 amide bonds. The summed E-state index contributed by atoms with van der Waals surface area (Å²) in [7, 11) is 0. The summed E-state index contributed by atoms with van der Waals surface area (Å²) in [5.41, 5.74) is 2.54. The summed E-state index contributed by atoms with van der Waals surface area (Å²) in [4.78, 5) is 17.4. The second kappa shape index (κ2) is 7.19. The molecule has 1 N–H and O–H groups in total. The van der Waals surface area contributed by atoms with Gasteiger partial charge in [0.1, 0.15) is 0 Å². The number of benzene rings is 2. The van der Waals surface area contributed by atoms with E-state index in [9.17, 15) is 4.79 Å². The lowest BCUT2D eigenvalue weighted by Crippen LogP contribution is -2.37. The first-order valence-corrected chi connectivity index (χ1v) is 9.20. The largest absolute Gasteiger partial charge is 0.301 e. The van der Waals surface area contributed by atoms with E-state index < -0.39 is 5.41 Å². The maximum atomic E-state index is 13.1. The number of rotatable bonds is 5. The number of nitrogens with zero attached hydrogens (tertiary/aromatic N) is 1. The van der Waals surface area contributed by atoms with Gasteiger partial charge in [-0.3, -0.25) is 4.79 Å². The molecule has 3 rings (SSSR count). The van der Waals surface area contributed by atoms with Crippen LogP contribution in [0.15, 0.2) is 66.0 Å². The molecule has 2 aromatic carbocycles. The summed E-state index contributed by atoms with van der Waals surface area (Å²) in [6.45, 7) is 5.91. The molecular weight excluding hydrogens is 328 g/mol. The summed E-state index contributed by atoms with van der Waals surface area (Å²) in [5.74, 6) is -0.0736. The number of hydrogen-bond donors (Lipinski definition) is 1. The van der Waals surface area contributed by atoms with Gasteiger partial charge in [0.15, 0.2) is 5.13 Å². The highest BCUT2D eigenvalue weighted by atomic mass is 32.1. The fourth-order valence-corrected chi connectivity index (χ4v) is 3.80. The summed E-state index contributed by atoms with van der Waals surface area (Å²) in [6.07, 6.45) is 0. The summed E-state index contributed by atoms with van der Waals surface area (Å²) in [6, 6.07) is 20.4. The third kappa shape index (κ3) is 3.80. The molecule has 0 saturated heterocycles. The molecule has 1 aromatic heterocycles. The average molecular weight is 350 g/mol. The molecule has 0 saturated carbocycles. The number of anilines is 1. The molecule has 0 aliphatic rings. The Bertz CT molecular complexity index is 801. The second-order valence-electron chi connectivity index (χ2n) is 6.72. The first-order valence-electron chi connectivity index (χ1n) is 8.32. The number of aryl methyl sites for hydroxylation is 1. The van der Waals surface area contributed by atoms with Crippen LogP contribution in [0.5, 0.6) is 0 Å². The zero-order chi connectivity index (χ0) is 17.9. The Hall–Kier alpha value is -2.46. The minimum Gasteiger partial charge on any atom is -0.301 e. The maximum Gasteiger partial charge on any atom is 0.232 e. The van der Waals surface area contributed by atoms with Crippen LogP contribution in [-0.4, -0.2) is 10.9 Å². The van der Waals surface area contributed by atoms with Crippen LogP contribution >= 0.6 is 11.3 Å². The lowest BCUT2D eigenvalue weighted by molar-refractivity contribution is -0.124. The maximum absolute atomic E-state index is 13.1. The highest BCUT2D eigenvalue weighted by Crippen LogP contribution is 2.41. The van der Waals surface area contributed by atoms with Crippen LogP contribution in [0.25, 0.3) is 0 Å². The molecule has 0 radical (unpaired) electrons. The van der Waals surface area contributed by atoms with Crippen LogP contribution in [0.1, 0.15) is 36.6 Å². The van der Waals surface area contributed by atoms with E-state index in [4.69, 9.17) is 0 Å². The Kier molecular flexibility index (Phi) is 5.00.